The van der Waals surface area contributed by atoms with Gasteiger partial charge < -0.3 is 10.2 Å². The molecule has 0 unspecified atom stereocenters. The molecule has 2 aromatic rings. The van der Waals surface area contributed by atoms with Crippen molar-refractivity contribution in [3.63, 3.8) is 0 Å². The fourth-order valence-electron chi connectivity index (χ4n) is 3.19. The monoisotopic (exact) mass is 271 g/mol. The second-order valence-electron chi connectivity index (χ2n) is 6.13. The fraction of sp³-hybridized carbons (Fsp3) is 0.471. The predicted molar refractivity (Wildman–Crippen MR) is 79.9 cm³/mol. The standard InChI is InChI=1S/C17H21NO2/c1-12-6-5-7-13-10-15(20-16(12)13)14(19)11-17(18)8-3-2-4-9-17/h5-7,10H,2-4,8-9,11,18H2,1H3. The highest BCUT2D eigenvalue weighted by Crippen LogP contribution is 2.31. The van der Waals surface area contributed by atoms with E-state index in [0.717, 1.165) is 42.2 Å². The van der Waals surface area contributed by atoms with Crippen LogP contribution in [0.15, 0.2) is 28.7 Å². The van der Waals surface area contributed by atoms with Crippen LogP contribution in [-0.4, -0.2) is 11.3 Å². The summed E-state index contributed by atoms with van der Waals surface area (Å²) < 4.78 is 5.74. The lowest BCUT2D eigenvalue weighted by molar-refractivity contribution is 0.0909. The molecule has 3 heteroatoms. The lowest BCUT2D eigenvalue weighted by Crippen LogP contribution is -2.43. The average Bonchev–Trinajstić information content (AvgIpc) is 2.85. The van der Waals surface area contributed by atoms with E-state index in [1.54, 1.807) is 0 Å². The lowest BCUT2D eigenvalue weighted by Gasteiger charge is -2.32. The number of nitrogens with two attached hydrogens (primary N) is 1. The highest BCUT2D eigenvalue weighted by atomic mass is 16.3. The zero-order valence-corrected chi connectivity index (χ0v) is 11.9. The number of aryl methyl sites for hydroxylation is 1. The molecule has 0 amide bonds. The second kappa shape index (κ2) is 5.06. The Kier molecular flexibility index (Phi) is 3.38. The molecular weight excluding hydrogens is 250 g/mol. The number of hydrogen-bond acceptors (Lipinski definition) is 3. The minimum Gasteiger partial charge on any atom is -0.453 e. The van der Waals surface area contributed by atoms with Crippen LogP contribution in [0.3, 0.4) is 0 Å². The van der Waals surface area contributed by atoms with E-state index >= 15 is 0 Å². The van der Waals surface area contributed by atoms with Gasteiger partial charge in [-0.2, -0.15) is 0 Å². The van der Waals surface area contributed by atoms with Gasteiger partial charge in [0.05, 0.1) is 0 Å². The molecule has 3 nitrogen and oxygen atoms in total. The third kappa shape index (κ3) is 2.50. The Balaban J connectivity index is 1.83. The van der Waals surface area contributed by atoms with Crippen molar-refractivity contribution in [3.8, 4) is 0 Å². The van der Waals surface area contributed by atoms with Crippen molar-refractivity contribution < 1.29 is 9.21 Å². The van der Waals surface area contributed by atoms with E-state index < -0.39 is 0 Å². The van der Waals surface area contributed by atoms with Crippen LogP contribution in [0.4, 0.5) is 0 Å². The Bertz CT molecular complexity index is 635. The van der Waals surface area contributed by atoms with Crippen LogP contribution in [0.5, 0.6) is 0 Å². The summed E-state index contributed by atoms with van der Waals surface area (Å²) in [6, 6.07) is 7.79. The normalized spacial score (nSPS) is 18.3. The summed E-state index contributed by atoms with van der Waals surface area (Å²) in [7, 11) is 0. The van der Waals surface area contributed by atoms with Crippen molar-refractivity contribution in [3.05, 3.63) is 35.6 Å². The highest BCUT2D eigenvalue weighted by Gasteiger charge is 2.31. The van der Waals surface area contributed by atoms with Gasteiger partial charge in [-0.15, -0.1) is 0 Å². The van der Waals surface area contributed by atoms with Gasteiger partial charge >= 0.3 is 0 Å². The van der Waals surface area contributed by atoms with Crippen LogP contribution in [0, 0.1) is 6.92 Å². The third-order valence-electron chi connectivity index (χ3n) is 4.38. The second-order valence-corrected chi connectivity index (χ2v) is 6.13. The van der Waals surface area contributed by atoms with Gasteiger partial charge in [0.15, 0.2) is 11.5 Å². The SMILES string of the molecule is Cc1cccc2cc(C(=O)CC3(N)CCCCC3)oc12. The maximum atomic E-state index is 12.4. The van der Waals surface area contributed by atoms with Crippen molar-refractivity contribution in [2.75, 3.05) is 0 Å². The van der Waals surface area contributed by atoms with Crippen molar-refractivity contribution >= 4 is 16.8 Å². The van der Waals surface area contributed by atoms with E-state index in [2.05, 4.69) is 0 Å². The molecule has 0 radical (unpaired) electrons. The molecule has 0 bridgehead atoms. The topological polar surface area (TPSA) is 56.2 Å². The highest BCUT2D eigenvalue weighted by molar-refractivity contribution is 5.98. The molecule has 1 aromatic carbocycles. The first-order valence-corrected chi connectivity index (χ1v) is 7.39. The first-order valence-electron chi connectivity index (χ1n) is 7.39. The number of ketones is 1. The number of carbonyl (C=O) groups is 1. The van der Waals surface area contributed by atoms with Gasteiger partial charge in [0.1, 0.15) is 5.58 Å². The quantitative estimate of drug-likeness (QED) is 0.859. The third-order valence-corrected chi connectivity index (χ3v) is 4.38. The molecule has 20 heavy (non-hydrogen) atoms. The molecule has 3 rings (SSSR count). The summed E-state index contributed by atoms with van der Waals surface area (Å²) in [5, 5.41) is 0.989. The maximum absolute atomic E-state index is 12.4. The van der Waals surface area contributed by atoms with E-state index in [4.69, 9.17) is 10.2 Å². The van der Waals surface area contributed by atoms with Gasteiger partial charge in [-0.05, 0) is 31.4 Å². The number of hydrogen-bond donors (Lipinski definition) is 1. The predicted octanol–water partition coefficient (Wildman–Crippen LogP) is 3.98. The van der Waals surface area contributed by atoms with Crippen LogP contribution >= 0.6 is 0 Å². The van der Waals surface area contributed by atoms with Crippen LogP contribution in [0.25, 0.3) is 11.0 Å². The number of Topliss-reactive ketones (excluding diaryl/α,β-unsaturated/α-hetero) is 1. The number of benzene rings is 1. The molecule has 1 fully saturated rings. The summed E-state index contributed by atoms with van der Waals surface area (Å²) in [6.07, 6.45) is 5.77. The van der Waals surface area contributed by atoms with Gasteiger partial charge in [0.25, 0.3) is 0 Å². The van der Waals surface area contributed by atoms with E-state index in [9.17, 15) is 4.79 Å². The van der Waals surface area contributed by atoms with E-state index in [1.165, 1.54) is 6.42 Å². The first-order chi connectivity index (χ1) is 9.57. The van der Waals surface area contributed by atoms with Gasteiger partial charge in [-0.3, -0.25) is 4.79 Å². The Morgan fingerprint density at radius 3 is 2.75 bits per heavy atom. The molecule has 1 aromatic heterocycles. The molecule has 0 aliphatic heterocycles. The van der Waals surface area contributed by atoms with E-state index in [1.807, 2.05) is 31.2 Å². The Morgan fingerprint density at radius 1 is 1.30 bits per heavy atom. The smallest absolute Gasteiger partial charge is 0.199 e. The number of rotatable bonds is 3. The summed E-state index contributed by atoms with van der Waals surface area (Å²) >= 11 is 0. The molecule has 0 spiro atoms. The van der Waals surface area contributed by atoms with Crippen molar-refractivity contribution in [2.45, 2.75) is 51.0 Å². The fourth-order valence-corrected chi connectivity index (χ4v) is 3.19. The zero-order chi connectivity index (χ0) is 14.2. The Hall–Kier alpha value is -1.61. The van der Waals surface area contributed by atoms with Crippen molar-refractivity contribution in [1.82, 2.24) is 0 Å². The maximum Gasteiger partial charge on any atom is 0.199 e. The summed E-state index contributed by atoms with van der Waals surface area (Å²) in [5.74, 6) is 0.481. The number of para-hydroxylation sites is 1. The van der Waals surface area contributed by atoms with Gasteiger partial charge in [-0.1, -0.05) is 37.5 Å². The molecule has 2 N–H and O–H groups in total. The molecule has 1 aliphatic carbocycles. The molecule has 1 saturated carbocycles. The van der Waals surface area contributed by atoms with Crippen molar-refractivity contribution in [1.29, 1.82) is 0 Å². The number of carbonyl (C=O) groups excluding carboxylic acids is 1. The summed E-state index contributed by atoms with van der Waals surface area (Å²) in [6.45, 7) is 1.99. The molecule has 0 atom stereocenters. The minimum atomic E-state index is -0.330. The Labute approximate surface area is 119 Å². The number of furan rings is 1. The van der Waals surface area contributed by atoms with Crippen LogP contribution in [0.2, 0.25) is 0 Å². The molecule has 0 saturated heterocycles. The Morgan fingerprint density at radius 2 is 2.05 bits per heavy atom. The van der Waals surface area contributed by atoms with Crippen molar-refractivity contribution in [2.24, 2.45) is 5.73 Å². The van der Waals surface area contributed by atoms with E-state index in [0.29, 0.717) is 12.2 Å². The van der Waals surface area contributed by atoms with Gasteiger partial charge in [0.2, 0.25) is 0 Å². The molecule has 1 heterocycles. The lowest BCUT2D eigenvalue weighted by atomic mass is 9.79. The first kappa shape index (κ1) is 13.4. The summed E-state index contributed by atoms with van der Waals surface area (Å²) in [5.41, 5.74) is 7.90. The van der Waals surface area contributed by atoms with Crippen LogP contribution in [0.1, 0.15) is 54.6 Å². The molecule has 1 aliphatic rings. The average molecular weight is 271 g/mol. The summed E-state index contributed by atoms with van der Waals surface area (Å²) in [4.78, 5) is 12.4. The van der Waals surface area contributed by atoms with Crippen LogP contribution in [-0.2, 0) is 0 Å². The van der Waals surface area contributed by atoms with Crippen LogP contribution < -0.4 is 5.73 Å². The largest absolute Gasteiger partial charge is 0.453 e. The van der Waals surface area contributed by atoms with Gasteiger partial charge in [0, 0.05) is 17.3 Å². The molecular formula is C17H21NO2. The zero-order valence-electron chi connectivity index (χ0n) is 11.9. The van der Waals surface area contributed by atoms with Gasteiger partial charge in [-0.25, -0.2) is 0 Å². The van der Waals surface area contributed by atoms with E-state index in [-0.39, 0.29) is 11.3 Å². The number of fused-ring (bicyclic) bond motifs is 1. The molecule has 106 valence electrons. The minimum absolute atomic E-state index is 0.0324.